The Morgan fingerprint density at radius 1 is 1.60 bits per heavy atom. The van der Waals surface area contributed by atoms with E-state index in [4.69, 9.17) is 5.64 Å². The highest BCUT2D eigenvalue weighted by molar-refractivity contribution is 6.75. The molecule has 0 unspecified atom stereocenters. The van der Waals surface area contributed by atoms with Crippen molar-refractivity contribution >= 4 is 14.7 Å². The first-order valence-electron chi connectivity index (χ1n) is 1.49. The van der Waals surface area contributed by atoms with Crippen molar-refractivity contribution in [1.82, 2.24) is 10.3 Å². The van der Waals surface area contributed by atoms with Crippen molar-refractivity contribution in [2.24, 2.45) is 5.64 Å². The summed E-state index contributed by atoms with van der Waals surface area (Å²) in [4.78, 5) is 0. The van der Waals surface area contributed by atoms with Gasteiger partial charge in [-0.1, -0.05) is 0 Å². The van der Waals surface area contributed by atoms with Gasteiger partial charge in [-0.25, -0.2) is 0 Å². The molecule has 1 fully saturated rings. The molecule has 1 heterocycles. The van der Waals surface area contributed by atoms with E-state index in [1.807, 2.05) is 0 Å². The third kappa shape index (κ3) is 0.448. The zero-order valence-corrected chi connectivity index (χ0v) is 2.73. The third-order valence-electron chi connectivity index (χ3n) is 0.526. The maximum Gasteiger partial charge on any atom is 0.370 e. The molecule has 0 atom stereocenters. The largest absolute Gasteiger partial charge is 0.370 e. The third-order valence-corrected chi connectivity index (χ3v) is 0.526. The number of hydrogen-bond acceptors (Lipinski definition) is 3. The van der Waals surface area contributed by atoms with E-state index in [-0.39, 0.29) is 7.12 Å². The molecule has 5 heteroatoms. The molecule has 0 aromatic rings. The molecule has 3 nitrogen and oxygen atoms in total. The molecule has 1 saturated heterocycles. The van der Waals surface area contributed by atoms with Crippen LogP contribution in [-0.4, -0.2) is 14.7 Å². The molecule has 0 saturated carbocycles. The van der Waals surface area contributed by atoms with Gasteiger partial charge in [-0.05, 0) is 0 Å². The van der Waals surface area contributed by atoms with Crippen molar-refractivity contribution in [3.63, 3.8) is 0 Å². The normalized spacial score (nSPS) is 20.6. The van der Waals surface area contributed by atoms with Gasteiger partial charge >= 0.3 is 7.12 Å². The molecule has 0 aromatic carbocycles. The molecule has 0 aromatic heterocycles. The summed E-state index contributed by atoms with van der Waals surface area (Å²) >= 11 is 0. The van der Waals surface area contributed by atoms with Crippen LogP contribution in [0.1, 0.15) is 0 Å². The summed E-state index contributed by atoms with van der Waals surface area (Å²) in [5.74, 6) is 0. The Balaban J connectivity index is 2.08. The number of hydrogen-bond donors (Lipinski definition) is 3. The SMILES string of the molecule is NB1N[B]N1. The Bertz CT molecular complexity index is 31.9. The van der Waals surface area contributed by atoms with Crippen LogP contribution in [0.3, 0.4) is 0 Å². The van der Waals surface area contributed by atoms with Crippen molar-refractivity contribution in [3.05, 3.63) is 0 Å². The van der Waals surface area contributed by atoms with Crippen LogP contribution in [-0.2, 0) is 0 Å². The van der Waals surface area contributed by atoms with Gasteiger partial charge in [0.2, 0.25) is 0 Å². The van der Waals surface area contributed by atoms with Crippen LogP contribution in [0, 0.1) is 0 Å². The van der Waals surface area contributed by atoms with E-state index in [1.54, 1.807) is 7.55 Å². The zero-order chi connectivity index (χ0) is 3.70. The van der Waals surface area contributed by atoms with Crippen molar-refractivity contribution in [1.29, 1.82) is 0 Å². The number of nitrogens with one attached hydrogen (secondary N) is 2. The van der Waals surface area contributed by atoms with Crippen LogP contribution < -0.4 is 15.9 Å². The fourth-order valence-corrected chi connectivity index (χ4v) is 0.180. The summed E-state index contributed by atoms with van der Waals surface area (Å²) in [7, 11) is 1.71. The maximum absolute atomic E-state index is 5.12. The minimum absolute atomic E-state index is 0.00926. The van der Waals surface area contributed by atoms with E-state index in [1.165, 1.54) is 0 Å². The van der Waals surface area contributed by atoms with Gasteiger partial charge in [-0.2, -0.15) is 0 Å². The number of rotatable bonds is 0. The van der Waals surface area contributed by atoms with Crippen molar-refractivity contribution < 1.29 is 0 Å². The smallest absolute Gasteiger partial charge is 0.361 e. The monoisotopic (exact) mass is 68.1 g/mol. The first-order chi connectivity index (χ1) is 2.39. The average molecular weight is 67.7 g/mol. The van der Waals surface area contributed by atoms with Gasteiger partial charge in [0.05, 0.1) is 0 Å². The van der Waals surface area contributed by atoms with Crippen LogP contribution in [0.25, 0.3) is 0 Å². The van der Waals surface area contributed by atoms with Crippen molar-refractivity contribution in [2.75, 3.05) is 0 Å². The fraction of sp³-hybridized carbons (Fsp3) is 0. The molecular formula is H4B2N3. The maximum atomic E-state index is 5.12. The lowest BCUT2D eigenvalue weighted by atomic mass is 9.74. The minimum Gasteiger partial charge on any atom is -0.361 e. The fourth-order valence-electron chi connectivity index (χ4n) is 0.180. The summed E-state index contributed by atoms with van der Waals surface area (Å²) in [6.45, 7) is 0. The molecule has 1 aliphatic rings. The van der Waals surface area contributed by atoms with Crippen LogP contribution in [0.4, 0.5) is 0 Å². The highest BCUT2D eigenvalue weighted by Gasteiger charge is 2.16. The first kappa shape index (κ1) is 3.21. The number of nitrogens with two attached hydrogens (primary N) is 1. The topological polar surface area (TPSA) is 50.1 Å². The second kappa shape index (κ2) is 1.01. The molecule has 1 aliphatic heterocycles. The summed E-state index contributed by atoms with van der Waals surface area (Å²) in [6, 6.07) is 0. The second-order valence-electron chi connectivity index (χ2n) is 0.955. The Morgan fingerprint density at radius 3 is 2.00 bits per heavy atom. The first-order valence-corrected chi connectivity index (χ1v) is 1.49. The van der Waals surface area contributed by atoms with E-state index < -0.39 is 0 Å². The Kier molecular flexibility index (Phi) is 0.646. The Morgan fingerprint density at radius 2 is 2.00 bits per heavy atom. The molecule has 25 valence electrons. The molecule has 4 N–H and O–H groups in total. The zero-order valence-electron chi connectivity index (χ0n) is 2.73. The van der Waals surface area contributed by atoms with Crippen molar-refractivity contribution in [3.8, 4) is 0 Å². The van der Waals surface area contributed by atoms with Crippen LogP contribution >= 0.6 is 0 Å². The molecule has 5 heavy (non-hydrogen) atoms. The van der Waals surface area contributed by atoms with E-state index in [0.29, 0.717) is 0 Å². The van der Waals surface area contributed by atoms with Gasteiger partial charge < -0.3 is 15.9 Å². The van der Waals surface area contributed by atoms with Gasteiger partial charge in [0.25, 0.3) is 7.55 Å². The van der Waals surface area contributed by atoms with Gasteiger partial charge in [-0.15, -0.1) is 0 Å². The Labute approximate surface area is 31.7 Å². The molecule has 0 amide bonds. The van der Waals surface area contributed by atoms with Gasteiger partial charge in [-0.3, -0.25) is 0 Å². The van der Waals surface area contributed by atoms with Crippen LogP contribution in [0.5, 0.6) is 0 Å². The lowest BCUT2D eigenvalue weighted by Crippen LogP contribution is -2.71. The van der Waals surface area contributed by atoms with Crippen LogP contribution in [0.15, 0.2) is 0 Å². The summed E-state index contributed by atoms with van der Waals surface area (Å²) in [6.07, 6.45) is 0. The van der Waals surface area contributed by atoms with E-state index >= 15 is 0 Å². The lowest BCUT2D eigenvalue weighted by Gasteiger charge is -2.17. The van der Waals surface area contributed by atoms with Crippen LogP contribution in [0.2, 0.25) is 0 Å². The second-order valence-corrected chi connectivity index (χ2v) is 0.955. The minimum atomic E-state index is 0.00926. The molecule has 0 bridgehead atoms. The van der Waals surface area contributed by atoms with Gasteiger partial charge in [0.1, 0.15) is 0 Å². The standard InChI is InChI=1S/B2H4N3/c3-2-4-1-5-2/h4-5H,3H2. The van der Waals surface area contributed by atoms with E-state index in [9.17, 15) is 0 Å². The van der Waals surface area contributed by atoms with E-state index in [2.05, 4.69) is 10.3 Å². The summed E-state index contributed by atoms with van der Waals surface area (Å²) in [5, 5.41) is 5.50. The van der Waals surface area contributed by atoms with Crippen molar-refractivity contribution in [2.45, 2.75) is 0 Å². The summed E-state index contributed by atoms with van der Waals surface area (Å²) < 4.78 is 0. The van der Waals surface area contributed by atoms with Gasteiger partial charge in [0.15, 0.2) is 0 Å². The molecule has 0 spiro atoms. The molecule has 1 radical (unpaired) electrons. The highest BCUT2D eigenvalue weighted by Crippen LogP contribution is 1.58. The molecular weight excluding hydrogens is 63.6 g/mol. The quantitative estimate of drug-likeness (QED) is 0.278. The lowest BCUT2D eigenvalue weighted by molar-refractivity contribution is 1.19. The molecule has 1 rings (SSSR count). The highest BCUT2D eigenvalue weighted by atomic mass is 15.1. The average Bonchev–Trinajstić information content (AvgIpc) is 1.30. The molecule has 0 aliphatic carbocycles. The Hall–Kier alpha value is 0.00987. The summed E-state index contributed by atoms with van der Waals surface area (Å²) in [5.41, 5.74) is 5.12. The van der Waals surface area contributed by atoms with Gasteiger partial charge in [0, 0.05) is 0 Å². The predicted octanol–water partition coefficient (Wildman–Crippen LogP) is -2.34. The van der Waals surface area contributed by atoms with E-state index in [0.717, 1.165) is 0 Å². The predicted molar refractivity (Wildman–Crippen MR) is 22.0 cm³/mol.